The van der Waals surface area contributed by atoms with Crippen molar-refractivity contribution in [2.24, 2.45) is 0 Å². The lowest BCUT2D eigenvalue weighted by atomic mass is 10.1. The number of carbonyl (C=O) groups is 2. The first-order chi connectivity index (χ1) is 12.5. The smallest absolute Gasteiger partial charge is 0.303 e. The molecule has 0 aliphatic carbocycles. The molecule has 0 bridgehead atoms. The summed E-state index contributed by atoms with van der Waals surface area (Å²) in [5.41, 5.74) is 1.14. The first-order valence-corrected chi connectivity index (χ1v) is 9.36. The van der Waals surface area contributed by atoms with E-state index in [9.17, 15) is 9.59 Å². The van der Waals surface area contributed by atoms with Crippen LogP contribution in [-0.4, -0.2) is 29.9 Å². The van der Waals surface area contributed by atoms with E-state index < -0.39 is 5.97 Å². The topological polar surface area (TPSA) is 82.1 Å². The van der Waals surface area contributed by atoms with E-state index in [4.69, 9.17) is 19.3 Å². The van der Waals surface area contributed by atoms with E-state index in [0.29, 0.717) is 13.0 Å². The van der Waals surface area contributed by atoms with Gasteiger partial charge in [-0.05, 0) is 49.8 Å². The largest absolute Gasteiger partial charge is 0.481 e. The minimum absolute atomic E-state index is 0.216. The molecule has 0 radical (unpaired) electrons. The summed E-state index contributed by atoms with van der Waals surface area (Å²) in [7, 11) is 0. The Morgan fingerprint density at radius 3 is 2.58 bits per heavy atom. The number of aliphatic carboxylic acids is 1. The molecule has 6 nitrogen and oxygen atoms in total. The van der Waals surface area contributed by atoms with E-state index in [1.807, 2.05) is 18.2 Å². The number of ether oxygens (including phenoxy) is 3. The quantitative estimate of drug-likeness (QED) is 0.444. The third kappa shape index (κ3) is 7.33. The van der Waals surface area contributed by atoms with Crippen LogP contribution in [0.25, 0.3) is 0 Å². The number of carboxylic acid groups (broad SMARTS) is 1. The molecular formula is C20H28O6. The van der Waals surface area contributed by atoms with Gasteiger partial charge in [0.1, 0.15) is 0 Å². The molecule has 0 spiro atoms. The molecular weight excluding hydrogens is 336 g/mol. The van der Waals surface area contributed by atoms with Crippen molar-refractivity contribution >= 4 is 11.9 Å². The van der Waals surface area contributed by atoms with E-state index in [0.717, 1.165) is 62.0 Å². The number of fused-ring (bicyclic) bond motifs is 1. The van der Waals surface area contributed by atoms with Crippen LogP contribution in [0.15, 0.2) is 18.2 Å². The van der Waals surface area contributed by atoms with Gasteiger partial charge in [0.15, 0.2) is 11.5 Å². The van der Waals surface area contributed by atoms with Crippen molar-refractivity contribution < 1.29 is 28.9 Å². The Hall–Kier alpha value is -2.24. The highest BCUT2D eigenvalue weighted by molar-refractivity contribution is 5.66. The molecule has 1 N–H and O–H groups in total. The summed E-state index contributed by atoms with van der Waals surface area (Å²) in [6.07, 6.45) is 7.15. The second kappa shape index (κ2) is 10.7. The third-order valence-electron chi connectivity index (χ3n) is 4.27. The number of hydrogen-bond acceptors (Lipinski definition) is 5. The van der Waals surface area contributed by atoms with Crippen molar-refractivity contribution in [2.45, 2.75) is 71.0 Å². The lowest BCUT2D eigenvalue weighted by Crippen LogP contribution is -2.17. The molecule has 1 aliphatic heterocycles. The normalized spacial score (nSPS) is 15.0. The lowest BCUT2D eigenvalue weighted by molar-refractivity contribution is -0.141. The fourth-order valence-corrected chi connectivity index (χ4v) is 2.91. The fourth-order valence-electron chi connectivity index (χ4n) is 2.91. The Bertz CT molecular complexity index is 598. The molecule has 26 heavy (non-hydrogen) atoms. The first-order valence-electron chi connectivity index (χ1n) is 9.36. The lowest BCUT2D eigenvalue weighted by Gasteiger charge is -2.09. The van der Waals surface area contributed by atoms with Crippen molar-refractivity contribution in [3.05, 3.63) is 23.8 Å². The van der Waals surface area contributed by atoms with Crippen LogP contribution >= 0.6 is 0 Å². The van der Waals surface area contributed by atoms with Gasteiger partial charge in [0, 0.05) is 19.8 Å². The third-order valence-corrected chi connectivity index (χ3v) is 4.27. The van der Waals surface area contributed by atoms with Gasteiger partial charge in [-0.1, -0.05) is 18.9 Å². The summed E-state index contributed by atoms with van der Waals surface area (Å²) >= 11 is 0. The van der Waals surface area contributed by atoms with Gasteiger partial charge in [0.25, 0.3) is 0 Å². The van der Waals surface area contributed by atoms with Crippen LogP contribution < -0.4 is 9.47 Å². The maximum Gasteiger partial charge on any atom is 0.303 e. The van der Waals surface area contributed by atoms with Crippen molar-refractivity contribution in [1.29, 1.82) is 0 Å². The van der Waals surface area contributed by atoms with Crippen LogP contribution in [0.3, 0.4) is 0 Å². The number of benzene rings is 1. The minimum atomic E-state index is -0.745. The van der Waals surface area contributed by atoms with Crippen LogP contribution in [0.4, 0.5) is 0 Å². The van der Waals surface area contributed by atoms with Crippen LogP contribution in [-0.2, 0) is 20.7 Å². The Balaban J connectivity index is 1.62. The second-order valence-electron chi connectivity index (χ2n) is 6.59. The van der Waals surface area contributed by atoms with Crippen molar-refractivity contribution in [2.75, 3.05) is 6.61 Å². The number of hydrogen-bond donors (Lipinski definition) is 1. The van der Waals surface area contributed by atoms with Gasteiger partial charge < -0.3 is 19.3 Å². The van der Waals surface area contributed by atoms with Crippen LogP contribution in [0.2, 0.25) is 0 Å². The Morgan fingerprint density at radius 2 is 1.81 bits per heavy atom. The van der Waals surface area contributed by atoms with Gasteiger partial charge in [0.2, 0.25) is 6.29 Å². The molecule has 0 saturated carbocycles. The maximum absolute atomic E-state index is 10.7. The summed E-state index contributed by atoms with van der Waals surface area (Å²) < 4.78 is 16.6. The zero-order valence-electron chi connectivity index (χ0n) is 15.4. The van der Waals surface area contributed by atoms with Crippen molar-refractivity contribution in [3.8, 4) is 11.5 Å². The molecule has 1 unspecified atom stereocenters. The molecule has 1 aliphatic rings. The van der Waals surface area contributed by atoms with E-state index in [-0.39, 0.29) is 18.7 Å². The highest BCUT2D eigenvalue weighted by atomic mass is 16.7. The van der Waals surface area contributed by atoms with E-state index in [2.05, 4.69) is 0 Å². The molecule has 144 valence electrons. The summed E-state index contributed by atoms with van der Waals surface area (Å²) in [4.78, 5) is 21.2. The minimum Gasteiger partial charge on any atom is -0.481 e. The van der Waals surface area contributed by atoms with E-state index in [1.165, 1.54) is 6.92 Å². The zero-order valence-corrected chi connectivity index (χ0v) is 15.4. The summed E-state index contributed by atoms with van der Waals surface area (Å²) in [5.74, 6) is 0.585. The van der Waals surface area contributed by atoms with Gasteiger partial charge in [-0.3, -0.25) is 9.59 Å². The number of carboxylic acids is 1. The summed E-state index contributed by atoms with van der Waals surface area (Å²) in [5, 5.41) is 8.66. The first kappa shape index (κ1) is 20.1. The highest BCUT2D eigenvalue weighted by Crippen LogP contribution is 2.37. The molecule has 0 saturated heterocycles. The average molecular weight is 364 g/mol. The number of rotatable bonds is 12. The predicted molar refractivity (Wildman–Crippen MR) is 96.4 cm³/mol. The molecule has 0 fully saturated rings. The van der Waals surface area contributed by atoms with Crippen LogP contribution in [0.1, 0.15) is 63.9 Å². The standard InChI is InChI=1S/C20H28O6/c1-15(21)24-13-7-3-2-4-10-20-25-17-12-11-16(14-18(17)26-20)8-5-6-9-19(22)23/h11-12,14,20H,2-10,13H2,1H3,(H,22,23). The van der Waals surface area contributed by atoms with E-state index in [1.54, 1.807) is 0 Å². The SMILES string of the molecule is CC(=O)OCCCCCCC1Oc2ccc(CCCCC(=O)O)cc2O1. The molecule has 1 aromatic carbocycles. The molecule has 0 amide bonds. The van der Waals surface area contributed by atoms with Gasteiger partial charge in [-0.15, -0.1) is 0 Å². The predicted octanol–water partition coefficient (Wildman–Crippen LogP) is 4.09. The molecule has 2 rings (SSSR count). The monoisotopic (exact) mass is 364 g/mol. The molecule has 0 aromatic heterocycles. The number of esters is 1. The van der Waals surface area contributed by atoms with Crippen molar-refractivity contribution in [1.82, 2.24) is 0 Å². The number of carbonyl (C=O) groups excluding carboxylic acids is 1. The number of aryl methyl sites for hydroxylation is 1. The number of unbranched alkanes of at least 4 members (excludes halogenated alkanes) is 4. The van der Waals surface area contributed by atoms with Crippen LogP contribution in [0.5, 0.6) is 11.5 Å². The molecule has 1 aromatic rings. The summed E-state index contributed by atoms with van der Waals surface area (Å²) in [6.45, 7) is 1.92. The summed E-state index contributed by atoms with van der Waals surface area (Å²) in [6, 6.07) is 5.94. The maximum atomic E-state index is 10.7. The van der Waals surface area contributed by atoms with Gasteiger partial charge >= 0.3 is 11.9 Å². The fraction of sp³-hybridized carbons (Fsp3) is 0.600. The molecule has 1 heterocycles. The Kier molecular flexibility index (Phi) is 8.25. The molecule has 1 atom stereocenters. The second-order valence-corrected chi connectivity index (χ2v) is 6.59. The average Bonchev–Trinajstić information content (AvgIpc) is 2.99. The van der Waals surface area contributed by atoms with Crippen molar-refractivity contribution in [3.63, 3.8) is 0 Å². The van der Waals surface area contributed by atoms with Gasteiger partial charge in [-0.2, -0.15) is 0 Å². The highest BCUT2D eigenvalue weighted by Gasteiger charge is 2.23. The zero-order chi connectivity index (χ0) is 18.8. The molecule has 6 heteroatoms. The Morgan fingerprint density at radius 1 is 1.04 bits per heavy atom. The van der Waals surface area contributed by atoms with Gasteiger partial charge in [0.05, 0.1) is 6.61 Å². The Labute approximate surface area is 154 Å². The van der Waals surface area contributed by atoms with Crippen LogP contribution in [0, 0.1) is 0 Å². The van der Waals surface area contributed by atoms with Gasteiger partial charge in [-0.25, -0.2) is 0 Å². The van der Waals surface area contributed by atoms with E-state index >= 15 is 0 Å².